The molecule has 4 heterocycles. The van der Waals surface area contributed by atoms with Crippen LogP contribution in [0.25, 0.3) is 21.6 Å². The maximum Gasteiger partial charge on any atom is 0.261 e. The van der Waals surface area contributed by atoms with Gasteiger partial charge in [-0.05, 0) is 29.0 Å². The molecule has 3 aromatic heterocycles. The number of thiophene rings is 1. The second kappa shape index (κ2) is 7.85. The van der Waals surface area contributed by atoms with Crippen molar-refractivity contribution in [2.45, 2.75) is 6.54 Å². The van der Waals surface area contributed by atoms with Crippen molar-refractivity contribution in [3.8, 4) is 10.7 Å². The predicted octanol–water partition coefficient (Wildman–Crippen LogP) is 2.60. The van der Waals surface area contributed by atoms with Crippen molar-refractivity contribution < 1.29 is 9.32 Å². The van der Waals surface area contributed by atoms with Crippen LogP contribution in [0.5, 0.6) is 0 Å². The van der Waals surface area contributed by atoms with Crippen LogP contribution in [0.15, 0.2) is 57.2 Å². The Hall–Kier alpha value is -3.30. The molecule has 1 aliphatic rings. The highest BCUT2D eigenvalue weighted by atomic mass is 32.1. The fourth-order valence-electron chi connectivity index (χ4n) is 3.60. The van der Waals surface area contributed by atoms with E-state index in [0.29, 0.717) is 44.4 Å². The number of piperazine rings is 1. The van der Waals surface area contributed by atoms with E-state index in [0.717, 1.165) is 15.8 Å². The van der Waals surface area contributed by atoms with Gasteiger partial charge in [-0.15, -0.1) is 11.3 Å². The Morgan fingerprint density at radius 1 is 1.13 bits per heavy atom. The molecule has 1 amide bonds. The van der Waals surface area contributed by atoms with Crippen LogP contribution in [-0.2, 0) is 6.54 Å². The summed E-state index contributed by atoms with van der Waals surface area (Å²) in [7, 11) is 0. The van der Waals surface area contributed by atoms with Gasteiger partial charge in [-0.2, -0.15) is 4.98 Å². The summed E-state index contributed by atoms with van der Waals surface area (Å²) in [6, 6.07) is 13.0. The van der Waals surface area contributed by atoms with Crippen LogP contribution >= 0.6 is 11.3 Å². The Labute approximate surface area is 175 Å². The fraction of sp³-hybridized carbons (Fsp3) is 0.238. The largest absolute Gasteiger partial charge is 0.338 e. The van der Waals surface area contributed by atoms with Gasteiger partial charge in [-0.1, -0.05) is 29.4 Å². The number of benzene rings is 1. The lowest BCUT2D eigenvalue weighted by atomic mass is 10.1. The van der Waals surface area contributed by atoms with Crippen LogP contribution in [0.2, 0.25) is 0 Å². The van der Waals surface area contributed by atoms with Gasteiger partial charge in [0.1, 0.15) is 5.56 Å². The van der Waals surface area contributed by atoms with E-state index < -0.39 is 0 Å². The molecule has 0 spiro atoms. The Bertz CT molecular complexity index is 1240. The number of aromatic nitrogens is 3. The summed E-state index contributed by atoms with van der Waals surface area (Å²) >= 11 is 1.57. The molecule has 0 unspecified atom stereocenters. The number of hydrogen-bond donors (Lipinski definition) is 1. The SMILES string of the molecule is O=C(c1cc2ccccc2[nH]c1=O)N1CCN(Cc2nc(-c3cccs3)no2)CC1. The maximum absolute atomic E-state index is 12.9. The standard InChI is InChI=1S/C21H19N5O3S/c27-20-15(12-14-4-1-2-5-16(14)22-20)21(28)26-9-7-25(8-10-26)13-18-23-19(24-29-18)17-6-3-11-30-17/h1-6,11-12H,7-10,13H2,(H,22,27). The summed E-state index contributed by atoms with van der Waals surface area (Å²) in [4.78, 5) is 37.4. The Morgan fingerprint density at radius 2 is 1.97 bits per heavy atom. The molecule has 0 aliphatic carbocycles. The molecule has 1 fully saturated rings. The van der Waals surface area contributed by atoms with E-state index in [1.165, 1.54) is 0 Å². The second-order valence-electron chi connectivity index (χ2n) is 7.16. The number of nitrogens with one attached hydrogen (secondary N) is 1. The number of aromatic amines is 1. The third kappa shape index (κ3) is 3.64. The van der Waals surface area contributed by atoms with Crippen molar-refractivity contribution in [2.24, 2.45) is 0 Å². The molecule has 1 saturated heterocycles. The van der Waals surface area contributed by atoms with E-state index in [9.17, 15) is 9.59 Å². The minimum Gasteiger partial charge on any atom is -0.338 e. The van der Waals surface area contributed by atoms with Crippen LogP contribution in [0.1, 0.15) is 16.2 Å². The van der Waals surface area contributed by atoms with E-state index >= 15 is 0 Å². The Morgan fingerprint density at radius 3 is 2.77 bits per heavy atom. The Kier molecular flexibility index (Phi) is 4.89. The smallest absolute Gasteiger partial charge is 0.261 e. The first-order chi connectivity index (χ1) is 14.7. The number of carbonyl (C=O) groups excluding carboxylic acids is 1. The molecule has 0 atom stereocenters. The third-order valence-electron chi connectivity index (χ3n) is 5.21. The van der Waals surface area contributed by atoms with E-state index in [1.54, 1.807) is 22.3 Å². The number of H-pyrrole nitrogens is 1. The van der Waals surface area contributed by atoms with Crippen molar-refractivity contribution in [3.63, 3.8) is 0 Å². The van der Waals surface area contributed by atoms with E-state index in [2.05, 4.69) is 20.0 Å². The number of amides is 1. The Balaban J connectivity index is 1.23. The van der Waals surface area contributed by atoms with Gasteiger partial charge in [0.2, 0.25) is 11.7 Å². The van der Waals surface area contributed by atoms with Crippen LogP contribution in [0, 0.1) is 0 Å². The first-order valence-electron chi connectivity index (χ1n) is 9.67. The molecule has 1 aromatic carbocycles. The average Bonchev–Trinajstić information content (AvgIpc) is 3.45. The van der Waals surface area contributed by atoms with Gasteiger partial charge in [0, 0.05) is 31.7 Å². The van der Waals surface area contributed by atoms with Gasteiger partial charge < -0.3 is 14.4 Å². The van der Waals surface area contributed by atoms with Gasteiger partial charge in [0.25, 0.3) is 11.5 Å². The average molecular weight is 421 g/mol. The van der Waals surface area contributed by atoms with Gasteiger partial charge in [0.05, 0.1) is 11.4 Å². The first-order valence-corrected chi connectivity index (χ1v) is 10.6. The van der Waals surface area contributed by atoms with E-state index in [-0.39, 0.29) is 17.0 Å². The maximum atomic E-state index is 12.9. The van der Waals surface area contributed by atoms with Gasteiger partial charge in [0.15, 0.2) is 0 Å². The monoisotopic (exact) mass is 421 g/mol. The zero-order chi connectivity index (χ0) is 20.5. The summed E-state index contributed by atoms with van der Waals surface area (Å²) < 4.78 is 5.37. The number of rotatable bonds is 4. The van der Waals surface area contributed by atoms with E-state index in [4.69, 9.17) is 4.52 Å². The summed E-state index contributed by atoms with van der Waals surface area (Å²) in [5.41, 5.74) is 0.554. The minimum absolute atomic E-state index is 0.180. The number of hydrogen-bond acceptors (Lipinski definition) is 7. The molecule has 0 bridgehead atoms. The van der Waals surface area contributed by atoms with Crippen molar-refractivity contribution in [3.05, 3.63) is 69.7 Å². The molecule has 1 aliphatic heterocycles. The lowest BCUT2D eigenvalue weighted by molar-refractivity contribution is 0.0613. The van der Waals surface area contributed by atoms with Crippen LogP contribution in [0.4, 0.5) is 0 Å². The molecule has 30 heavy (non-hydrogen) atoms. The molecule has 9 heteroatoms. The number of nitrogens with zero attached hydrogens (tertiary/aromatic N) is 4. The number of fused-ring (bicyclic) bond motifs is 1. The number of para-hydroxylation sites is 1. The van der Waals surface area contributed by atoms with Crippen LogP contribution in [0.3, 0.4) is 0 Å². The van der Waals surface area contributed by atoms with E-state index in [1.807, 2.05) is 41.8 Å². The minimum atomic E-state index is -0.354. The fourth-order valence-corrected chi connectivity index (χ4v) is 4.25. The molecule has 1 N–H and O–H groups in total. The molecule has 152 valence electrons. The predicted molar refractivity (Wildman–Crippen MR) is 113 cm³/mol. The summed E-state index contributed by atoms with van der Waals surface area (Å²) in [6.07, 6.45) is 0. The van der Waals surface area contributed by atoms with Crippen molar-refractivity contribution in [1.29, 1.82) is 0 Å². The molecular weight excluding hydrogens is 402 g/mol. The molecule has 0 radical (unpaired) electrons. The number of carbonyl (C=O) groups is 1. The molecule has 5 rings (SSSR count). The van der Waals surface area contributed by atoms with Crippen molar-refractivity contribution in [1.82, 2.24) is 24.9 Å². The van der Waals surface area contributed by atoms with Crippen LogP contribution < -0.4 is 5.56 Å². The summed E-state index contributed by atoms with van der Waals surface area (Å²) in [6.45, 7) is 2.97. The van der Waals surface area contributed by atoms with Crippen molar-refractivity contribution in [2.75, 3.05) is 26.2 Å². The summed E-state index contributed by atoms with van der Waals surface area (Å²) in [5, 5.41) is 6.86. The highest BCUT2D eigenvalue weighted by molar-refractivity contribution is 7.13. The highest BCUT2D eigenvalue weighted by Gasteiger charge is 2.25. The summed E-state index contributed by atoms with van der Waals surface area (Å²) in [5.74, 6) is 0.924. The quantitative estimate of drug-likeness (QED) is 0.544. The second-order valence-corrected chi connectivity index (χ2v) is 8.10. The molecule has 8 nitrogen and oxygen atoms in total. The zero-order valence-electron chi connectivity index (χ0n) is 16.1. The normalized spacial score (nSPS) is 15.0. The molecule has 4 aromatic rings. The van der Waals surface area contributed by atoms with Crippen LogP contribution in [-0.4, -0.2) is 57.0 Å². The first kappa shape index (κ1) is 18.7. The third-order valence-corrected chi connectivity index (χ3v) is 6.08. The highest BCUT2D eigenvalue weighted by Crippen LogP contribution is 2.22. The molecule has 0 saturated carbocycles. The van der Waals surface area contributed by atoms with Gasteiger partial charge in [-0.3, -0.25) is 14.5 Å². The van der Waals surface area contributed by atoms with Crippen molar-refractivity contribution >= 4 is 28.1 Å². The molecular formula is C21H19N5O3S. The lowest BCUT2D eigenvalue weighted by Gasteiger charge is -2.33. The van der Waals surface area contributed by atoms with Gasteiger partial charge >= 0.3 is 0 Å². The topological polar surface area (TPSA) is 95.3 Å². The van der Waals surface area contributed by atoms with Gasteiger partial charge in [-0.25, -0.2) is 0 Å². The zero-order valence-corrected chi connectivity index (χ0v) is 16.9. The number of pyridine rings is 1. The lowest BCUT2D eigenvalue weighted by Crippen LogP contribution is -2.49.